The molecule has 1 aliphatic heterocycles. The second kappa shape index (κ2) is 8.06. The van der Waals surface area contributed by atoms with Crippen LogP contribution < -0.4 is 0 Å². The highest BCUT2D eigenvalue weighted by molar-refractivity contribution is 6.56. The number of allylic oxidation sites excluding steroid dienone is 5. The van der Waals surface area contributed by atoms with Crippen molar-refractivity contribution in [1.29, 1.82) is 5.26 Å². The number of hydrogen-bond donors (Lipinski definition) is 0. The van der Waals surface area contributed by atoms with Gasteiger partial charge in [-0.2, -0.15) is 5.26 Å². The van der Waals surface area contributed by atoms with Crippen molar-refractivity contribution in [1.82, 2.24) is 4.98 Å². The molecule has 30 heavy (non-hydrogen) atoms. The van der Waals surface area contributed by atoms with Gasteiger partial charge in [-0.1, -0.05) is 30.4 Å². The highest BCUT2D eigenvalue weighted by Gasteiger charge is 2.52. The number of nitrogens with zero attached hydrogens (tertiary/aromatic N) is 2. The van der Waals surface area contributed by atoms with E-state index in [1.807, 2.05) is 58.9 Å². The Morgan fingerprint density at radius 3 is 2.50 bits per heavy atom. The van der Waals surface area contributed by atoms with Gasteiger partial charge >= 0.3 is 7.12 Å². The monoisotopic (exact) mass is 404 g/mol. The SMILES string of the molecule is C=C(C)/C(=C\C=C/Cc1nc2cc(C=O)cc(C#N)c2o1)B1OC(C)(C)C(C)(C)O1. The molecule has 0 aliphatic carbocycles. The van der Waals surface area contributed by atoms with E-state index in [2.05, 4.69) is 11.6 Å². The van der Waals surface area contributed by atoms with Gasteiger partial charge in [0.1, 0.15) is 17.9 Å². The van der Waals surface area contributed by atoms with Crippen LogP contribution in [-0.2, 0) is 15.7 Å². The van der Waals surface area contributed by atoms with Crippen molar-refractivity contribution >= 4 is 24.5 Å². The quantitative estimate of drug-likeness (QED) is 0.393. The van der Waals surface area contributed by atoms with Crippen molar-refractivity contribution in [3.05, 3.63) is 65.0 Å². The first-order valence-electron chi connectivity index (χ1n) is 9.75. The van der Waals surface area contributed by atoms with Gasteiger partial charge < -0.3 is 13.7 Å². The number of oxazole rings is 1. The molecule has 2 aromatic rings. The third-order valence-electron chi connectivity index (χ3n) is 5.52. The molecule has 1 aliphatic rings. The Morgan fingerprint density at radius 2 is 1.93 bits per heavy atom. The van der Waals surface area contributed by atoms with Crippen LogP contribution in [0.25, 0.3) is 11.1 Å². The minimum absolute atomic E-state index is 0.294. The lowest BCUT2D eigenvalue weighted by molar-refractivity contribution is 0.00578. The normalized spacial score (nSPS) is 18.1. The number of benzene rings is 1. The van der Waals surface area contributed by atoms with Crippen molar-refractivity contribution in [3.63, 3.8) is 0 Å². The molecule has 1 aromatic carbocycles. The third-order valence-corrected chi connectivity index (χ3v) is 5.52. The van der Waals surface area contributed by atoms with Crippen LogP contribution in [0.4, 0.5) is 0 Å². The Morgan fingerprint density at radius 1 is 1.27 bits per heavy atom. The molecule has 0 bridgehead atoms. The van der Waals surface area contributed by atoms with E-state index in [0.29, 0.717) is 40.8 Å². The molecule has 0 radical (unpaired) electrons. The molecule has 0 saturated carbocycles. The number of fused-ring (bicyclic) bond motifs is 1. The van der Waals surface area contributed by atoms with Crippen LogP contribution >= 0.6 is 0 Å². The number of rotatable bonds is 6. The average Bonchev–Trinajstić information content (AvgIpc) is 3.17. The Kier molecular flexibility index (Phi) is 5.84. The zero-order valence-electron chi connectivity index (χ0n) is 18.0. The summed E-state index contributed by atoms with van der Waals surface area (Å²) in [6.45, 7) is 14.0. The smallest absolute Gasteiger partial charge is 0.439 e. The van der Waals surface area contributed by atoms with Crippen LogP contribution in [0.15, 0.2) is 52.4 Å². The summed E-state index contributed by atoms with van der Waals surface area (Å²) in [5.74, 6) is 0.460. The average molecular weight is 404 g/mol. The summed E-state index contributed by atoms with van der Waals surface area (Å²) < 4.78 is 17.9. The van der Waals surface area contributed by atoms with Gasteiger partial charge in [0.2, 0.25) is 0 Å². The van der Waals surface area contributed by atoms with E-state index in [1.165, 1.54) is 6.07 Å². The topological polar surface area (TPSA) is 85.4 Å². The molecule has 0 spiro atoms. The number of carbonyl (C=O) groups excluding carboxylic acids is 1. The number of carbonyl (C=O) groups is 1. The molecule has 0 amide bonds. The van der Waals surface area contributed by atoms with Crippen molar-refractivity contribution in [2.24, 2.45) is 0 Å². The van der Waals surface area contributed by atoms with Gasteiger partial charge in [-0.25, -0.2) is 4.98 Å². The predicted octanol–water partition coefficient (Wildman–Crippen LogP) is 4.74. The first-order valence-corrected chi connectivity index (χ1v) is 9.75. The maximum Gasteiger partial charge on any atom is 0.495 e. The summed E-state index contributed by atoms with van der Waals surface area (Å²) in [6.07, 6.45) is 6.81. The fraction of sp³-hybridized carbons (Fsp3) is 0.348. The summed E-state index contributed by atoms with van der Waals surface area (Å²) >= 11 is 0. The van der Waals surface area contributed by atoms with Crippen LogP contribution in [0.3, 0.4) is 0 Å². The van der Waals surface area contributed by atoms with Gasteiger partial charge in [0.05, 0.1) is 16.8 Å². The summed E-state index contributed by atoms with van der Waals surface area (Å²) in [6, 6.07) is 5.14. The molecule has 0 unspecified atom stereocenters. The van der Waals surface area contributed by atoms with Crippen molar-refractivity contribution < 1.29 is 18.5 Å². The fourth-order valence-electron chi connectivity index (χ4n) is 3.07. The Hall–Kier alpha value is -2.95. The molecule has 1 fully saturated rings. The van der Waals surface area contributed by atoms with Crippen molar-refractivity contribution in [2.75, 3.05) is 0 Å². The number of aromatic nitrogens is 1. The van der Waals surface area contributed by atoms with Crippen LogP contribution in [0, 0.1) is 11.3 Å². The van der Waals surface area contributed by atoms with Gasteiger partial charge in [0.25, 0.3) is 0 Å². The fourth-order valence-corrected chi connectivity index (χ4v) is 3.07. The number of aldehydes is 1. The zero-order chi connectivity index (χ0) is 22.1. The van der Waals surface area contributed by atoms with Crippen LogP contribution in [0.2, 0.25) is 0 Å². The standard InChI is InChI=1S/C23H25BN2O4/c1-15(2)18(24-29-22(3,4)23(5,6)30-24)9-7-8-10-20-26-19-12-16(14-27)11-17(13-25)21(19)28-20/h7-9,11-12,14H,1,10H2,2-6H3/b8-7-,18-9+. The minimum Gasteiger partial charge on any atom is -0.439 e. The van der Waals surface area contributed by atoms with E-state index in [9.17, 15) is 10.1 Å². The maximum absolute atomic E-state index is 11.0. The summed E-state index contributed by atoms with van der Waals surface area (Å²) in [5, 5.41) is 9.26. The molecule has 0 atom stereocenters. The lowest BCUT2D eigenvalue weighted by Crippen LogP contribution is -2.41. The maximum atomic E-state index is 11.0. The molecule has 0 N–H and O–H groups in total. The first-order chi connectivity index (χ1) is 14.1. The molecule has 154 valence electrons. The minimum atomic E-state index is -0.485. The second-order valence-corrected chi connectivity index (χ2v) is 8.38. The van der Waals surface area contributed by atoms with E-state index >= 15 is 0 Å². The molecule has 1 saturated heterocycles. The second-order valence-electron chi connectivity index (χ2n) is 8.38. The van der Waals surface area contributed by atoms with Gasteiger partial charge in [0, 0.05) is 12.0 Å². The lowest BCUT2D eigenvalue weighted by atomic mass is 9.74. The van der Waals surface area contributed by atoms with Gasteiger partial charge in [0.15, 0.2) is 11.5 Å². The first kappa shape index (κ1) is 21.8. The van der Waals surface area contributed by atoms with E-state index in [1.54, 1.807) is 6.07 Å². The van der Waals surface area contributed by atoms with Crippen LogP contribution in [0.5, 0.6) is 0 Å². The molecular weight excluding hydrogens is 379 g/mol. The molecule has 2 heterocycles. The van der Waals surface area contributed by atoms with E-state index in [0.717, 1.165) is 11.0 Å². The van der Waals surface area contributed by atoms with Gasteiger partial charge in [-0.05, 0) is 52.2 Å². The molecule has 6 nitrogen and oxygen atoms in total. The summed E-state index contributed by atoms with van der Waals surface area (Å²) in [5.41, 5.74) is 2.45. The van der Waals surface area contributed by atoms with Crippen molar-refractivity contribution in [3.8, 4) is 6.07 Å². The van der Waals surface area contributed by atoms with E-state index < -0.39 is 18.3 Å². The lowest BCUT2D eigenvalue weighted by Gasteiger charge is -2.32. The Bertz CT molecular complexity index is 1090. The molecule has 7 heteroatoms. The predicted molar refractivity (Wildman–Crippen MR) is 116 cm³/mol. The molecule has 3 rings (SSSR count). The van der Waals surface area contributed by atoms with E-state index in [-0.39, 0.29) is 0 Å². The largest absolute Gasteiger partial charge is 0.495 e. The Balaban J connectivity index is 1.78. The van der Waals surface area contributed by atoms with Gasteiger partial charge in [-0.15, -0.1) is 0 Å². The Labute approximate surface area is 177 Å². The number of nitriles is 1. The highest BCUT2D eigenvalue weighted by atomic mass is 16.7. The molecular formula is C23H25BN2O4. The third kappa shape index (κ3) is 4.16. The van der Waals surface area contributed by atoms with Crippen LogP contribution in [-0.4, -0.2) is 29.6 Å². The summed E-state index contributed by atoms with van der Waals surface area (Å²) in [4.78, 5) is 15.4. The van der Waals surface area contributed by atoms with E-state index in [4.69, 9.17) is 13.7 Å². The van der Waals surface area contributed by atoms with Gasteiger partial charge in [-0.3, -0.25) is 4.79 Å². The highest BCUT2D eigenvalue weighted by Crippen LogP contribution is 2.39. The van der Waals surface area contributed by atoms with Crippen molar-refractivity contribution in [2.45, 2.75) is 52.2 Å². The number of hydrogen-bond acceptors (Lipinski definition) is 6. The summed E-state index contributed by atoms with van der Waals surface area (Å²) in [7, 11) is -0.485. The molecule has 1 aromatic heterocycles. The van der Waals surface area contributed by atoms with Crippen LogP contribution in [0.1, 0.15) is 56.4 Å². The zero-order valence-corrected chi connectivity index (χ0v) is 18.0.